The van der Waals surface area contributed by atoms with Gasteiger partial charge in [0, 0.05) is 16.0 Å². The van der Waals surface area contributed by atoms with Crippen molar-refractivity contribution in [3.8, 4) is 16.9 Å². The van der Waals surface area contributed by atoms with Gasteiger partial charge in [-0.2, -0.15) is 18.3 Å². The number of carbonyl (C=O) groups excluding carboxylic acids is 1. The van der Waals surface area contributed by atoms with Crippen LogP contribution in [0.5, 0.6) is 0 Å². The zero-order valence-corrected chi connectivity index (χ0v) is 19.8. The van der Waals surface area contributed by atoms with E-state index in [0.717, 1.165) is 35.2 Å². The van der Waals surface area contributed by atoms with E-state index in [-0.39, 0.29) is 16.4 Å². The Labute approximate surface area is 206 Å². The minimum atomic E-state index is -4.52. The van der Waals surface area contributed by atoms with E-state index in [2.05, 4.69) is 5.10 Å². The minimum absolute atomic E-state index is 0.184. The lowest BCUT2D eigenvalue weighted by molar-refractivity contribution is -0.137. The first-order valence-corrected chi connectivity index (χ1v) is 12.3. The van der Waals surface area contributed by atoms with Crippen LogP contribution in [0.4, 0.5) is 17.6 Å². The predicted molar refractivity (Wildman–Crippen MR) is 124 cm³/mol. The largest absolute Gasteiger partial charge is 0.416 e. The number of nitrogens with zero attached hydrogens (tertiary/aromatic N) is 2. The summed E-state index contributed by atoms with van der Waals surface area (Å²) in [5.74, 6) is -2.07. The van der Waals surface area contributed by atoms with E-state index < -0.39 is 39.1 Å². The summed E-state index contributed by atoms with van der Waals surface area (Å²) in [6, 6.07) is 10.7. The SMILES string of the molecule is CS(=O)(=O)NC(=O)c1cc(F)c(-n2nc(-c3ccc(C(F)(F)F)cc3)c3cc(Cl)ccc32)cc1Cl. The number of nitrogens with one attached hydrogen (secondary N) is 1. The number of amides is 1. The van der Waals surface area contributed by atoms with Gasteiger partial charge in [0.25, 0.3) is 5.91 Å². The van der Waals surface area contributed by atoms with Crippen LogP contribution >= 0.6 is 23.2 Å². The van der Waals surface area contributed by atoms with Crippen LogP contribution in [0.15, 0.2) is 54.6 Å². The Morgan fingerprint density at radius 2 is 1.69 bits per heavy atom. The molecule has 0 bridgehead atoms. The molecule has 1 aromatic heterocycles. The molecule has 0 spiro atoms. The zero-order chi connectivity index (χ0) is 25.7. The van der Waals surface area contributed by atoms with Gasteiger partial charge < -0.3 is 0 Å². The molecule has 0 fully saturated rings. The van der Waals surface area contributed by atoms with Gasteiger partial charge in [-0.05, 0) is 42.5 Å². The molecule has 35 heavy (non-hydrogen) atoms. The van der Waals surface area contributed by atoms with Crippen molar-refractivity contribution >= 4 is 50.0 Å². The molecule has 3 aromatic carbocycles. The first-order valence-electron chi connectivity index (χ1n) is 9.62. The number of aromatic nitrogens is 2. The summed E-state index contributed by atoms with van der Waals surface area (Å²) in [5, 5.41) is 4.87. The second-order valence-electron chi connectivity index (χ2n) is 7.48. The average molecular weight is 546 g/mol. The quantitative estimate of drug-likeness (QED) is 0.326. The maximum Gasteiger partial charge on any atom is 0.416 e. The monoisotopic (exact) mass is 545 g/mol. The van der Waals surface area contributed by atoms with Crippen molar-refractivity contribution in [1.82, 2.24) is 14.5 Å². The second-order valence-corrected chi connectivity index (χ2v) is 10.1. The summed E-state index contributed by atoms with van der Waals surface area (Å²) >= 11 is 12.3. The highest BCUT2D eigenvalue weighted by atomic mass is 35.5. The Bertz CT molecular complexity index is 1580. The van der Waals surface area contributed by atoms with E-state index in [0.29, 0.717) is 21.5 Å². The Morgan fingerprint density at radius 3 is 2.29 bits per heavy atom. The lowest BCUT2D eigenvalue weighted by Gasteiger charge is -2.10. The molecule has 0 aliphatic rings. The van der Waals surface area contributed by atoms with Crippen molar-refractivity contribution in [1.29, 1.82) is 0 Å². The van der Waals surface area contributed by atoms with Gasteiger partial charge in [0.15, 0.2) is 0 Å². The maximum atomic E-state index is 15.1. The van der Waals surface area contributed by atoms with Gasteiger partial charge in [-0.25, -0.2) is 22.2 Å². The second kappa shape index (κ2) is 8.81. The van der Waals surface area contributed by atoms with Crippen molar-refractivity contribution in [2.24, 2.45) is 0 Å². The lowest BCUT2D eigenvalue weighted by atomic mass is 10.1. The predicted octanol–water partition coefficient (Wildman–Crippen LogP) is 5.85. The number of carbonyl (C=O) groups is 1. The number of rotatable bonds is 4. The molecule has 1 N–H and O–H groups in total. The van der Waals surface area contributed by atoms with E-state index in [9.17, 15) is 26.4 Å². The number of fused-ring (bicyclic) bond motifs is 1. The van der Waals surface area contributed by atoms with Crippen LogP contribution in [0.2, 0.25) is 10.0 Å². The number of halogens is 6. The van der Waals surface area contributed by atoms with Crippen molar-refractivity contribution in [2.75, 3.05) is 6.26 Å². The molecule has 0 aliphatic heterocycles. The van der Waals surface area contributed by atoms with Crippen LogP contribution in [0.25, 0.3) is 27.8 Å². The summed E-state index contributed by atoms with van der Waals surface area (Å²) in [6.07, 6.45) is -3.76. The Hall–Kier alpha value is -3.15. The number of hydrogen-bond donors (Lipinski definition) is 1. The highest BCUT2D eigenvalue weighted by molar-refractivity contribution is 7.89. The van der Waals surface area contributed by atoms with Gasteiger partial charge in [0.05, 0.1) is 27.9 Å². The first-order chi connectivity index (χ1) is 16.2. The van der Waals surface area contributed by atoms with Crippen LogP contribution in [0.3, 0.4) is 0 Å². The molecule has 0 unspecified atom stereocenters. The summed E-state index contributed by atoms with van der Waals surface area (Å²) in [4.78, 5) is 12.2. The Balaban J connectivity index is 1.87. The summed E-state index contributed by atoms with van der Waals surface area (Å²) in [6.45, 7) is 0. The van der Waals surface area contributed by atoms with Gasteiger partial charge >= 0.3 is 6.18 Å². The number of sulfonamides is 1. The van der Waals surface area contributed by atoms with Gasteiger partial charge in [0.2, 0.25) is 10.0 Å². The van der Waals surface area contributed by atoms with Gasteiger partial charge in [-0.1, -0.05) is 35.3 Å². The summed E-state index contributed by atoms with van der Waals surface area (Å²) in [5.41, 5.74) is -0.543. The molecule has 6 nitrogen and oxygen atoms in total. The fourth-order valence-electron chi connectivity index (χ4n) is 3.40. The molecule has 1 heterocycles. The highest BCUT2D eigenvalue weighted by Gasteiger charge is 2.30. The van der Waals surface area contributed by atoms with E-state index in [1.165, 1.54) is 30.3 Å². The van der Waals surface area contributed by atoms with Crippen molar-refractivity contribution < 1.29 is 30.8 Å². The van der Waals surface area contributed by atoms with Crippen molar-refractivity contribution in [2.45, 2.75) is 6.18 Å². The van der Waals surface area contributed by atoms with Gasteiger partial charge in [-0.15, -0.1) is 0 Å². The standard InChI is InChI=1S/C22H13Cl2F4N3O3S/c1-35(33,34)30-21(32)14-9-17(25)19(10-16(14)24)31-18-7-6-13(23)8-15(18)20(29-31)11-2-4-12(5-3-11)22(26,27)28/h2-10H,1H3,(H,30,32). The average Bonchev–Trinajstić information content (AvgIpc) is 3.11. The molecule has 0 saturated carbocycles. The number of alkyl halides is 3. The van der Waals surface area contributed by atoms with E-state index >= 15 is 4.39 Å². The molecule has 0 saturated heterocycles. The van der Waals surface area contributed by atoms with Crippen LogP contribution < -0.4 is 4.72 Å². The van der Waals surface area contributed by atoms with Gasteiger partial charge in [0.1, 0.15) is 17.2 Å². The fraction of sp³-hybridized carbons (Fsp3) is 0.0909. The molecule has 0 aliphatic carbocycles. The molecule has 1 amide bonds. The third-order valence-corrected chi connectivity index (χ3v) is 6.02. The Morgan fingerprint density at radius 1 is 1.03 bits per heavy atom. The summed E-state index contributed by atoms with van der Waals surface area (Å²) in [7, 11) is -3.92. The smallest absolute Gasteiger partial charge is 0.268 e. The van der Waals surface area contributed by atoms with Crippen LogP contribution in [-0.4, -0.2) is 30.4 Å². The number of hydrogen-bond acceptors (Lipinski definition) is 4. The van der Waals surface area contributed by atoms with E-state index in [1.54, 1.807) is 4.72 Å². The molecule has 4 rings (SSSR count). The lowest BCUT2D eigenvalue weighted by Crippen LogP contribution is -2.29. The molecular weight excluding hydrogens is 533 g/mol. The zero-order valence-electron chi connectivity index (χ0n) is 17.5. The van der Waals surface area contributed by atoms with Gasteiger partial charge in [-0.3, -0.25) is 4.79 Å². The minimum Gasteiger partial charge on any atom is -0.268 e. The molecule has 13 heteroatoms. The number of benzene rings is 3. The highest BCUT2D eigenvalue weighted by Crippen LogP contribution is 2.35. The van der Waals surface area contributed by atoms with Crippen LogP contribution in [0, 0.1) is 5.82 Å². The summed E-state index contributed by atoms with van der Waals surface area (Å²) < 4.78 is 79.5. The first kappa shape index (κ1) is 25.0. The third-order valence-electron chi connectivity index (χ3n) is 4.91. The normalized spacial score (nSPS) is 12.2. The molecular formula is C22H13Cl2F4N3O3S. The van der Waals surface area contributed by atoms with E-state index in [4.69, 9.17) is 23.2 Å². The van der Waals surface area contributed by atoms with Crippen molar-refractivity contribution in [3.63, 3.8) is 0 Å². The Kier molecular flexibility index (Phi) is 6.28. The fourth-order valence-corrected chi connectivity index (χ4v) is 4.26. The maximum absolute atomic E-state index is 15.1. The molecule has 0 radical (unpaired) electrons. The third kappa shape index (κ3) is 5.12. The van der Waals surface area contributed by atoms with Crippen LogP contribution in [0.1, 0.15) is 15.9 Å². The van der Waals surface area contributed by atoms with Crippen LogP contribution in [-0.2, 0) is 16.2 Å². The molecule has 0 atom stereocenters. The molecule has 182 valence electrons. The molecule has 4 aromatic rings. The van der Waals surface area contributed by atoms with E-state index in [1.807, 2.05) is 0 Å². The topological polar surface area (TPSA) is 81.1 Å². The van der Waals surface area contributed by atoms with Crippen molar-refractivity contribution in [3.05, 3.63) is 81.6 Å².